The molecule has 0 saturated carbocycles. The van der Waals surface area contributed by atoms with E-state index in [2.05, 4.69) is 0 Å². The predicted octanol–water partition coefficient (Wildman–Crippen LogP) is 6.24. The molecule has 4 rings (SSSR count). The van der Waals surface area contributed by atoms with Crippen LogP contribution in [-0.2, 0) is 9.84 Å². The number of methoxy groups -OCH3 is 1. The van der Waals surface area contributed by atoms with Crippen LogP contribution in [0.15, 0.2) is 77.7 Å². The lowest BCUT2D eigenvalue weighted by Gasteiger charge is -2.24. The number of ether oxygens (including phenoxy) is 1. The van der Waals surface area contributed by atoms with Gasteiger partial charge in [0.05, 0.1) is 16.8 Å². The number of hydrogen-bond donors (Lipinski definition) is 0. The van der Waals surface area contributed by atoms with Crippen LogP contribution in [0.5, 0.6) is 5.75 Å². The van der Waals surface area contributed by atoms with E-state index >= 15 is 0 Å². The molecule has 0 aromatic heterocycles. The highest BCUT2D eigenvalue weighted by atomic mass is 32.2. The Labute approximate surface area is 171 Å². The molecule has 0 atom stereocenters. The maximum atomic E-state index is 13.6. The molecule has 29 heavy (non-hydrogen) atoms. The third-order valence-corrected chi connectivity index (χ3v) is 7.88. The van der Waals surface area contributed by atoms with Crippen LogP contribution in [0.25, 0.3) is 32.7 Å². The fraction of sp³-hybridized carbons (Fsp3) is 0.200. The first-order valence-corrected chi connectivity index (χ1v) is 11.1. The standard InChI is InChI=1S/C25H24O3S/c1-25(2,3)29(26,27)22-16-14-18-10-6-8-12-20(18)24(22)23-19-11-7-5-9-17(19)13-15-21(23)28-4/h5-16H,1-4H3. The monoisotopic (exact) mass is 404 g/mol. The third-order valence-electron chi connectivity index (χ3n) is 5.35. The van der Waals surface area contributed by atoms with Crippen molar-refractivity contribution < 1.29 is 13.2 Å². The Morgan fingerprint density at radius 1 is 0.690 bits per heavy atom. The first-order valence-electron chi connectivity index (χ1n) is 9.58. The highest BCUT2D eigenvalue weighted by molar-refractivity contribution is 7.93. The molecule has 4 aromatic rings. The van der Waals surface area contributed by atoms with Crippen molar-refractivity contribution in [2.24, 2.45) is 0 Å². The summed E-state index contributed by atoms with van der Waals surface area (Å²) in [5.41, 5.74) is 1.51. The lowest BCUT2D eigenvalue weighted by atomic mass is 9.93. The number of hydrogen-bond acceptors (Lipinski definition) is 3. The molecule has 4 aromatic carbocycles. The molecule has 0 saturated heterocycles. The van der Waals surface area contributed by atoms with Crippen LogP contribution in [0.1, 0.15) is 20.8 Å². The summed E-state index contributed by atoms with van der Waals surface area (Å²) in [5.74, 6) is 0.658. The largest absolute Gasteiger partial charge is 0.496 e. The summed E-state index contributed by atoms with van der Waals surface area (Å²) >= 11 is 0. The summed E-state index contributed by atoms with van der Waals surface area (Å²) in [4.78, 5) is 0.332. The van der Waals surface area contributed by atoms with E-state index in [1.54, 1.807) is 33.9 Å². The van der Waals surface area contributed by atoms with Gasteiger partial charge in [0.15, 0.2) is 9.84 Å². The third kappa shape index (κ3) is 3.08. The van der Waals surface area contributed by atoms with Gasteiger partial charge in [0.25, 0.3) is 0 Å². The summed E-state index contributed by atoms with van der Waals surface area (Å²) in [6.45, 7) is 5.21. The Morgan fingerprint density at radius 2 is 1.21 bits per heavy atom. The predicted molar refractivity (Wildman–Crippen MR) is 120 cm³/mol. The van der Waals surface area contributed by atoms with Gasteiger partial charge in [-0.05, 0) is 54.4 Å². The summed E-state index contributed by atoms with van der Waals surface area (Å²) in [6, 6.07) is 23.4. The van der Waals surface area contributed by atoms with Crippen molar-refractivity contribution in [3.63, 3.8) is 0 Å². The van der Waals surface area contributed by atoms with E-state index in [-0.39, 0.29) is 0 Å². The van der Waals surface area contributed by atoms with Gasteiger partial charge in [0.2, 0.25) is 0 Å². The van der Waals surface area contributed by atoms with Crippen molar-refractivity contribution in [2.45, 2.75) is 30.4 Å². The Balaban J connectivity index is 2.26. The van der Waals surface area contributed by atoms with Gasteiger partial charge < -0.3 is 4.74 Å². The van der Waals surface area contributed by atoms with Gasteiger partial charge >= 0.3 is 0 Å². The first kappa shape index (κ1) is 19.5. The first-order chi connectivity index (χ1) is 13.8. The quantitative estimate of drug-likeness (QED) is 0.406. The van der Waals surface area contributed by atoms with E-state index < -0.39 is 14.6 Å². The second-order valence-electron chi connectivity index (χ2n) is 8.14. The van der Waals surface area contributed by atoms with Crippen LogP contribution >= 0.6 is 0 Å². The lowest BCUT2D eigenvalue weighted by molar-refractivity contribution is 0.417. The molecule has 0 aliphatic heterocycles. The van der Waals surface area contributed by atoms with Crippen molar-refractivity contribution in [3.05, 3.63) is 72.8 Å². The summed E-state index contributed by atoms with van der Waals surface area (Å²) in [7, 11) is -1.97. The minimum absolute atomic E-state index is 0.332. The highest BCUT2D eigenvalue weighted by Crippen LogP contribution is 2.45. The fourth-order valence-corrected chi connectivity index (χ4v) is 5.13. The van der Waals surface area contributed by atoms with Gasteiger partial charge in [-0.15, -0.1) is 0 Å². The van der Waals surface area contributed by atoms with E-state index in [9.17, 15) is 8.42 Å². The maximum Gasteiger partial charge on any atom is 0.183 e. The molecular formula is C25H24O3S. The molecule has 0 amide bonds. The zero-order chi connectivity index (χ0) is 20.8. The Morgan fingerprint density at radius 3 is 1.76 bits per heavy atom. The Hall–Kier alpha value is -2.85. The summed E-state index contributed by atoms with van der Waals surface area (Å²) in [6.07, 6.45) is 0. The zero-order valence-electron chi connectivity index (χ0n) is 17.1. The van der Waals surface area contributed by atoms with Gasteiger partial charge in [-0.3, -0.25) is 0 Å². The summed E-state index contributed by atoms with van der Waals surface area (Å²) in [5, 5.41) is 3.89. The minimum Gasteiger partial charge on any atom is -0.496 e. The summed E-state index contributed by atoms with van der Waals surface area (Å²) < 4.78 is 32.0. The van der Waals surface area contributed by atoms with Gasteiger partial charge in [0.1, 0.15) is 5.75 Å². The molecule has 0 fully saturated rings. The van der Waals surface area contributed by atoms with Crippen LogP contribution in [0, 0.1) is 0 Å². The average molecular weight is 405 g/mol. The second-order valence-corrected chi connectivity index (χ2v) is 10.8. The second kappa shape index (κ2) is 6.89. The van der Waals surface area contributed by atoms with Crippen molar-refractivity contribution in [2.75, 3.05) is 7.11 Å². The normalized spacial score (nSPS) is 12.4. The number of benzene rings is 4. The molecule has 0 aliphatic rings. The van der Waals surface area contributed by atoms with E-state index in [0.29, 0.717) is 16.2 Å². The molecule has 0 aliphatic carbocycles. The smallest absolute Gasteiger partial charge is 0.183 e. The Bertz CT molecular complexity index is 1330. The Kier molecular flexibility index (Phi) is 4.62. The lowest BCUT2D eigenvalue weighted by Crippen LogP contribution is -2.28. The molecule has 148 valence electrons. The van der Waals surface area contributed by atoms with Gasteiger partial charge in [-0.2, -0.15) is 0 Å². The van der Waals surface area contributed by atoms with Gasteiger partial charge in [-0.25, -0.2) is 8.42 Å². The van der Waals surface area contributed by atoms with E-state index in [1.807, 2.05) is 66.7 Å². The molecule has 0 bridgehead atoms. The maximum absolute atomic E-state index is 13.6. The van der Waals surface area contributed by atoms with Crippen molar-refractivity contribution >= 4 is 31.4 Å². The van der Waals surface area contributed by atoms with E-state index in [4.69, 9.17) is 4.74 Å². The molecule has 0 N–H and O–H groups in total. The van der Waals surface area contributed by atoms with Crippen molar-refractivity contribution in [3.8, 4) is 16.9 Å². The topological polar surface area (TPSA) is 43.4 Å². The van der Waals surface area contributed by atoms with E-state index in [0.717, 1.165) is 27.1 Å². The van der Waals surface area contributed by atoms with Crippen LogP contribution in [0.3, 0.4) is 0 Å². The van der Waals surface area contributed by atoms with Crippen LogP contribution in [0.2, 0.25) is 0 Å². The van der Waals surface area contributed by atoms with E-state index in [1.165, 1.54) is 0 Å². The van der Waals surface area contributed by atoms with Gasteiger partial charge in [-0.1, -0.05) is 60.7 Å². The molecule has 0 spiro atoms. The molecule has 0 radical (unpaired) electrons. The SMILES string of the molecule is COc1ccc2ccccc2c1-c1c(S(=O)(=O)C(C)(C)C)ccc2ccccc12. The molecule has 4 heteroatoms. The van der Waals surface area contributed by atoms with Crippen LogP contribution < -0.4 is 4.74 Å². The molecular weight excluding hydrogens is 380 g/mol. The van der Waals surface area contributed by atoms with Crippen molar-refractivity contribution in [1.82, 2.24) is 0 Å². The molecule has 3 nitrogen and oxygen atoms in total. The number of rotatable bonds is 3. The van der Waals surface area contributed by atoms with Crippen LogP contribution in [-0.4, -0.2) is 20.3 Å². The fourth-order valence-electron chi connectivity index (χ4n) is 3.74. The molecule has 0 unspecified atom stereocenters. The highest BCUT2D eigenvalue weighted by Gasteiger charge is 2.34. The van der Waals surface area contributed by atoms with Crippen molar-refractivity contribution in [1.29, 1.82) is 0 Å². The minimum atomic E-state index is -3.60. The van der Waals surface area contributed by atoms with Gasteiger partial charge in [0, 0.05) is 11.1 Å². The zero-order valence-corrected chi connectivity index (χ0v) is 17.9. The molecule has 0 heterocycles. The number of sulfone groups is 1. The van der Waals surface area contributed by atoms with Crippen LogP contribution in [0.4, 0.5) is 0 Å². The average Bonchev–Trinajstić information content (AvgIpc) is 2.71. The number of fused-ring (bicyclic) bond motifs is 2.